The molecule has 3 heteroatoms. The van der Waals surface area contributed by atoms with Crippen molar-refractivity contribution >= 4 is 5.91 Å². The van der Waals surface area contributed by atoms with Crippen LogP contribution in [0, 0.1) is 11.9 Å². The Bertz CT molecular complexity index is 260. The number of nitrogens with two attached hydrogens (primary N) is 1. The predicted octanol–water partition coefficient (Wildman–Crippen LogP) is 0.725. The molecule has 1 radical (unpaired) electrons. The minimum atomic E-state index is -0.667. The predicted molar refractivity (Wildman–Crippen MR) is 33.8 cm³/mol. The van der Waals surface area contributed by atoms with Crippen molar-refractivity contribution in [3.05, 3.63) is 35.6 Å². The van der Waals surface area contributed by atoms with Gasteiger partial charge in [-0.25, -0.2) is 4.39 Å². The van der Waals surface area contributed by atoms with Gasteiger partial charge in [0.25, 0.3) is 0 Å². The van der Waals surface area contributed by atoms with Gasteiger partial charge in [0.05, 0.1) is 0 Å². The molecule has 0 fully saturated rings. The molecule has 10 heavy (non-hydrogen) atoms. The molecule has 1 aromatic carbocycles. The molecule has 2 N–H and O–H groups in total. The summed E-state index contributed by atoms with van der Waals surface area (Å²) in [5.74, 6) is -1.24. The molecule has 0 bridgehead atoms. The maximum Gasteiger partial charge on any atom is 0.249 e. The van der Waals surface area contributed by atoms with Crippen LogP contribution in [-0.4, -0.2) is 5.91 Å². The van der Waals surface area contributed by atoms with Crippen LogP contribution < -0.4 is 5.73 Å². The van der Waals surface area contributed by atoms with Gasteiger partial charge in [0, 0.05) is 11.6 Å². The second-order valence-electron chi connectivity index (χ2n) is 1.78. The van der Waals surface area contributed by atoms with E-state index in [2.05, 4.69) is 6.07 Å². The topological polar surface area (TPSA) is 43.1 Å². The number of benzene rings is 1. The highest BCUT2D eigenvalue weighted by Crippen LogP contribution is 2.00. The number of rotatable bonds is 1. The van der Waals surface area contributed by atoms with Crippen LogP contribution in [0.1, 0.15) is 10.4 Å². The van der Waals surface area contributed by atoms with Gasteiger partial charge in [-0.1, -0.05) is 6.07 Å². The van der Waals surface area contributed by atoms with E-state index in [9.17, 15) is 9.18 Å². The van der Waals surface area contributed by atoms with Gasteiger partial charge in [0.2, 0.25) is 5.91 Å². The molecule has 0 spiro atoms. The van der Waals surface area contributed by atoms with E-state index in [0.717, 1.165) is 0 Å². The van der Waals surface area contributed by atoms with Crippen LogP contribution in [-0.2, 0) is 0 Å². The summed E-state index contributed by atoms with van der Waals surface area (Å²) < 4.78 is 12.3. The number of halogens is 1. The van der Waals surface area contributed by atoms with Crippen LogP contribution in [0.5, 0.6) is 0 Å². The first-order valence-electron chi connectivity index (χ1n) is 2.68. The molecule has 1 amide bonds. The van der Waals surface area contributed by atoms with Gasteiger partial charge in [0.1, 0.15) is 5.82 Å². The Hall–Kier alpha value is -1.38. The van der Waals surface area contributed by atoms with Crippen LogP contribution >= 0.6 is 0 Å². The van der Waals surface area contributed by atoms with Gasteiger partial charge in [-0.15, -0.1) is 0 Å². The van der Waals surface area contributed by atoms with E-state index in [1.54, 1.807) is 0 Å². The number of hydrogen-bond acceptors (Lipinski definition) is 1. The summed E-state index contributed by atoms with van der Waals surface area (Å²) in [7, 11) is 0. The molecule has 0 saturated carbocycles. The zero-order valence-electron chi connectivity index (χ0n) is 5.10. The molecule has 0 heterocycles. The fraction of sp³-hybridized carbons (Fsp3) is 0. The molecule has 1 rings (SSSR count). The Balaban J connectivity index is 3.07. The van der Waals surface area contributed by atoms with Crippen LogP contribution in [0.3, 0.4) is 0 Å². The third kappa shape index (κ3) is 1.31. The summed E-state index contributed by atoms with van der Waals surface area (Å²) in [6.07, 6.45) is 0. The number of primary amides is 1. The molecule has 0 aliphatic carbocycles. The van der Waals surface area contributed by atoms with Crippen molar-refractivity contribution in [2.75, 3.05) is 0 Å². The number of amides is 1. The van der Waals surface area contributed by atoms with Gasteiger partial charge in [0.15, 0.2) is 0 Å². The molecule has 51 valence electrons. The maximum atomic E-state index is 12.3. The molecular formula is C7H5FNO. The second kappa shape index (κ2) is 2.47. The standard InChI is InChI=1S/C7H5FNO/c8-6-3-1-2-5(4-6)7(9)10/h1-3H,(H2,9,10). The SMILES string of the molecule is NC(=O)c1[c]c(F)ccc1. The van der Waals surface area contributed by atoms with Gasteiger partial charge in [-0.05, 0) is 12.1 Å². The molecule has 0 aromatic heterocycles. The van der Waals surface area contributed by atoms with E-state index in [4.69, 9.17) is 5.73 Å². The van der Waals surface area contributed by atoms with Crippen molar-refractivity contribution in [3.8, 4) is 0 Å². The molecule has 1 aromatic rings. The average Bonchev–Trinajstić information content (AvgIpc) is 1.88. The lowest BCUT2D eigenvalue weighted by molar-refractivity contribution is 0.0999. The largest absolute Gasteiger partial charge is 0.366 e. The smallest absolute Gasteiger partial charge is 0.249 e. The van der Waals surface area contributed by atoms with Crippen molar-refractivity contribution in [1.82, 2.24) is 0 Å². The minimum absolute atomic E-state index is 0.0694. The van der Waals surface area contributed by atoms with E-state index in [0.29, 0.717) is 0 Å². The van der Waals surface area contributed by atoms with E-state index in [1.165, 1.54) is 18.2 Å². The van der Waals surface area contributed by atoms with E-state index < -0.39 is 11.7 Å². The van der Waals surface area contributed by atoms with Gasteiger partial charge >= 0.3 is 0 Å². The van der Waals surface area contributed by atoms with Gasteiger partial charge in [-0.3, -0.25) is 4.79 Å². The lowest BCUT2D eigenvalue weighted by Crippen LogP contribution is -2.10. The van der Waals surface area contributed by atoms with Crippen molar-refractivity contribution in [1.29, 1.82) is 0 Å². The van der Waals surface area contributed by atoms with Crippen LogP contribution in [0.4, 0.5) is 4.39 Å². The summed E-state index contributed by atoms with van der Waals surface area (Å²) in [4.78, 5) is 10.4. The normalized spacial score (nSPS) is 9.30. The van der Waals surface area contributed by atoms with Gasteiger partial charge < -0.3 is 5.73 Å². The Morgan fingerprint density at radius 1 is 1.60 bits per heavy atom. The van der Waals surface area contributed by atoms with Crippen LogP contribution in [0.25, 0.3) is 0 Å². The lowest BCUT2D eigenvalue weighted by Gasteiger charge is -1.91. The Kier molecular flexibility index (Phi) is 1.67. The van der Waals surface area contributed by atoms with E-state index >= 15 is 0 Å². The number of hydrogen-bond donors (Lipinski definition) is 1. The van der Waals surface area contributed by atoms with Crippen molar-refractivity contribution in [2.45, 2.75) is 0 Å². The molecule has 0 aliphatic heterocycles. The summed E-state index contributed by atoms with van der Waals surface area (Å²) in [6, 6.07) is 6.18. The first-order valence-corrected chi connectivity index (χ1v) is 2.68. The fourth-order valence-corrected chi connectivity index (χ4v) is 0.585. The number of carbonyl (C=O) groups is 1. The van der Waals surface area contributed by atoms with Crippen molar-refractivity contribution < 1.29 is 9.18 Å². The van der Waals surface area contributed by atoms with E-state index in [1.807, 2.05) is 0 Å². The van der Waals surface area contributed by atoms with E-state index in [-0.39, 0.29) is 5.56 Å². The highest BCUT2D eigenvalue weighted by Gasteiger charge is 1.99. The average molecular weight is 138 g/mol. The third-order valence-corrected chi connectivity index (χ3v) is 1.02. The molecule has 0 unspecified atom stereocenters. The summed E-state index contributed by atoms with van der Waals surface area (Å²) in [5, 5.41) is 0. The first kappa shape index (κ1) is 6.74. The zero-order chi connectivity index (χ0) is 7.56. The zero-order valence-corrected chi connectivity index (χ0v) is 5.10. The van der Waals surface area contributed by atoms with Crippen molar-refractivity contribution in [3.63, 3.8) is 0 Å². The first-order chi connectivity index (χ1) is 4.70. The molecular weight excluding hydrogens is 133 g/mol. The quantitative estimate of drug-likeness (QED) is 0.610. The molecule has 2 nitrogen and oxygen atoms in total. The monoisotopic (exact) mass is 138 g/mol. The molecule has 0 aliphatic rings. The summed E-state index contributed by atoms with van der Waals surface area (Å²) >= 11 is 0. The number of carbonyl (C=O) groups excluding carboxylic acids is 1. The highest BCUT2D eigenvalue weighted by molar-refractivity contribution is 5.92. The molecule has 0 saturated heterocycles. The van der Waals surface area contributed by atoms with Crippen LogP contribution in [0.15, 0.2) is 18.2 Å². The van der Waals surface area contributed by atoms with Gasteiger partial charge in [-0.2, -0.15) is 0 Å². The van der Waals surface area contributed by atoms with Crippen LogP contribution in [0.2, 0.25) is 0 Å². The minimum Gasteiger partial charge on any atom is -0.366 e. The summed E-state index contributed by atoms with van der Waals surface area (Å²) in [6.45, 7) is 0. The lowest BCUT2D eigenvalue weighted by atomic mass is 10.2. The fourth-order valence-electron chi connectivity index (χ4n) is 0.585. The maximum absolute atomic E-state index is 12.3. The Labute approximate surface area is 57.5 Å². The summed E-state index contributed by atoms with van der Waals surface area (Å²) in [5.41, 5.74) is 4.92. The van der Waals surface area contributed by atoms with Crippen molar-refractivity contribution in [2.24, 2.45) is 5.73 Å². The Morgan fingerprint density at radius 3 is 2.70 bits per heavy atom. The Morgan fingerprint density at radius 2 is 2.30 bits per heavy atom. The third-order valence-electron chi connectivity index (χ3n) is 1.02. The second-order valence-corrected chi connectivity index (χ2v) is 1.78. The molecule has 0 atom stereocenters. The highest BCUT2D eigenvalue weighted by atomic mass is 19.1.